The van der Waals surface area contributed by atoms with Crippen LogP contribution in [0.5, 0.6) is 0 Å². The average Bonchev–Trinajstić information content (AvgIpc) is 2.56. The predicted molar refractivity (Wildman–Crippen MR) is 95.1 cm³/mol. The summed E-state index contributed by atoms with van der Waals surface area (Å²) in [6.07, 6.45) is 4.06. The van der Waals surface area contributed by atoms with E-state index in [2.05, 4.69) is 13.5 Å². The highest BCUT2D eigenvalue weighted by molar-refractivity contribution is 5.19. The fourth-order valence-electron chi connectivity index (χ4n) is 3.28. The number of benzene rings is 1. The van der Waals surface area contributed by atoms with Crippen molar-refractivity contribution in [2.24, 2.45) is 5.92 Å². The summed E-state index contributed by atoms with van der Waals surface area (Å²) >= 11 is 0. The Labute approximate surface area is 140 Å². The zero-order valence-corrected chi connectivity index (χ0v) is 14.5. The molecule has 0 radical (unpaired) electrons. The molecule has 0 saturated heterocycles. The molecule has 130 valence electrons. The Morgan fingerprint density at radius 3 is 2.26 bits per heavy atom. The lowest BCUT2D eigenvalue weighted by atomic mass is 9.72. The number of unbranched alkanes of at least 4 members (excludes halogenated alkanes) is 1. The van der Waals surface area contributed by atoms with Crippen molar-refractivity contribution in [3.05, 3.63) is 48.6 Å². The van der Waals surface area contributed by atoms with Gasteiger partial charge in [-0.25, -0.2) is 0 Å². The molecular formula is C20H32O3. The Balaban J connectivity index is 3.15. The average molecular weight is 320 g/mol. The Morgan fingerprint density at radius 2 is 1.74 bits per heavy atom. The van der Waals surface area contributed by atoms with Gasteiger partial charge in [-0.15, -0.1) is 6.58 Å². The van der Waals surface area contributed by atoms with Crippen molar-refractivity contribution in [3.63, 3.8) is 0 Å². The van der Waals surface area contributed by atoms with E-state index in [9.17, 15) is 15.3 Å². The quantitative estimate of drug-likeness (QED) is 0.540. The van der Waals surface area contributed by atoms with Crippen molar-refractivity contribution in [1.29, 1.82) is 0 Å². The van der Waals surface area contributed by atoms with E-state index >= 15 is 0 Å². The third-order valence-electron chi connectivity index (χ3n) is 4.64. The number of hydrogen-bond donors (Lipinski definition) is 3. The summed E-state index contributed by atoms with van der Waals surface area (Å²) in [6, 6.07) is 9.39. The minimum atomic E-state index is -1.36. The zero-order valence-electron chi connectivity index (χ0n) is 14.5. The summed E-state index contributed by atoms with van der Waals surface area (Å²) < 4.78 is 0. The molecule has 3 nitrogen and oxygen atoms in total. The maximum atomic E-state index is 11.2. The highest BCUT2D eigenvalue weighted by Gasteiger charge is 2.45. The van der Waals surface area contributed by atoms with Gasteiger partial charge < -0.3 is 15.3 Å². The van der Waals surface area contributed by atoms with Crippen LogP contribution in [-0.2, 0) is 0 Å². The third kappa shape index (κ3) is 5.17. The molecule has 1 rings (SSSR count). The molecule has 0 aliphatic carbocycles. The summed E-state index contributed by atoms with van der Waals surface area (Å²) in [7, 11) is 0. The summed E-state index contributed by atoms with van der Waals surface area (Å²) in [4.78, 5) is 0. The SMILES string of the molecule is C=CC[C@@](O)([C@H](CCCC)[C@H](O)c1ccccc1)[C@@H](O)CCC. The molecule has 0 aromatic heterocycles. The molecule has 0 fully saturated rings. The number of hydrogen-bond acceptors (Lipinski definition) is 3. The molecule has 1 aromatic carbocycles. The number of aliphatic hydroxyl groups is 3. The van der Waals surface area contributed by atoms with Crippen LogP contribution in [0.25, 0.3) is 0 Å². The Bertz CT molecular complexity index is 445. The predicted octanol–water partition coefficient (Wildman–Crippen LogP) is 3.99. The van der Waals surface area contributed by atoms with Gasteiger partial charge in [-0.3, -0.25) is 0 Å². The molecule has 4 atom stereocenters. The molecule has 0 saturated carbocycles. The van der Waals surface area contributed by atoms with E-state index in [-0.39, 0.29) is 6.42 Å². The van der Waals surface area contributed by atoms with Gasteiger partial charge in [-0.05, 0) is 24.8 Å². The van der Waals surface area contributed by atoms with Crippen LogP contribution in [0.1, 0.15) is 64.0 Å². The Hall–Kier alpha value is -1.16. The fourth-order valence-corrected chi connectivity index (χ4v) is 3.28. The third-order valence-corrected chi connectivity index (χ3v) is 4.64. The summed E-state index contributed by atoms with van der Waals surface area (Å²) in [5.74, 6) is -0.426. The molecule has 0 aliphatic rings. The van der Waals surface area contributed by atoms with Gasteiger partial charge in [0.15, 0.2) is 0 Å². The Kier molecular flexibility index (Phi) is 8.53. The van der Waals surface area contributed by atoms with Crippen molar-refractivity contribution in [3.8, 4) is 0 Å². The molecule has 3 N–H and O–H groups in total. The van der Waals surface area contributed by atoms with E-state index in [1.165, 1.54) is 0 Å². The van der Waals surface area contributed by atoms with Crippen LogP contribution in [0.15, 0.2) is 43.0 Å². The highest BCUT2D eigenvalue weighted by Crippen LogP contribution is 2.40. The van der Waals surface area contributed by atoms with Crippen molar-refractivity contribution in [2.75, 3.05) is 0 Å². The van der Waals surface area contributed by atoms with Crippen LogP contribution in [0.2, 0.25) is 0 Å². The first-order chi connectivity index (χ1) is 11.0. The molecule has 0 spiro atoms. The molecule has 0 aliphatic heterocycles. The van der Waals surface area contributed by atoms with Gasteiger partial charge in [0, 0.05) is 5.92 Å². The normalized spacial score (nSPS) is 18.0. The van der Waals surface area contributed by atoms with E-state index in [4.69, 9.17) is 0 Å². The van der Waals surface area contributed by atoms with Crippen LogP contribution in [0.4, 0.5) is 0 Å². The first-order valence-corrected chi connectivity index (χ1v) is 8.75. The second-order valence-electron chi connectivity index (χ2n) is 6.39. The summed E-state index contributed by atoms with van der Waals surface area (Å²) in [5, 5.41) is 32.7. The molecule has 1 aromatic rings. The second kappa shape index (κ2) is 9.86. The summed E-state index contributed by atoms with van der Waals surface area (Å²) in [6.45, 7) is 7.79. The van der Waals surface area contributed by atoms with Gasteiger partial charge >= 0.3 is 0 Å². The van der Waals surface area contributed by atoms with E-state index < -0.39 is 23.7 Å². The number of aliphatic hydroxyl groups excluding tert-OH is 2. The molecule has 0 unspecified atom stereocenters. The minimum absolute atomic E-state index is 0.270. The lowest BCUT2D eigenvalue weighted by Gasteiger charge is -2.42. The topological polar surface area (TPSA) is 60.7 Å². The van der Waals surface area contributed by atoms with Crippen LogP contribution in [0, 0.1) is 5.92 Å². The van der Waals surface area contributed by atoms with Crippen molar-refractivity contribution >= 4 is 0 Å². The van der Waals surface area contributed by atoms with Crippen LogP contribution in [0.3, 0.4) is 0 Å². The van der Waals surface area contributed by atoms with Gasteiger partial charge in [-0.1, -0.05) is 69.5 Å². The lowest BCUT2D eigenvalue weighted by Crippen LogP contribution is -2.50. The van der Waals surface area contributed by atoms with Crippen LogP contribution >= 0.6 is 0 Å². The van der Waals surface area contributed by atoms with Crippen LogP contribution in [-0.4, -0.2) is 27.0 Å². The van der Waals surface area contributed by atoms with Gasteiger partial charge in [-0.2, -0.15) is 0 Å². The molecule has 3 heteroatoms. The first-order valence-electron chi connectivity index (χ1n) is 8.75. The van der Waals surface area contributed by atoms with Crippen molar-refractivity contribution in [1.82, 2.24) is 0 Å². The monoisotopic (exact) mass is 320 g/mol. The van der Waals surface area contributed by atoms with Gasteiger partial charge in [0.25, 0.3) is 0 Å². The largest absolute Gasteiger partial charge is 0.390 e. The van der Waals surface area contributed by atoms with E-state index in [1.807, 2.05) is 37.3 Å². The molecular weight excluding hydrogens is 288 g/mol. The van der Waals surface area contributed by atoms with Gasteiger partial charge in [0.05, 0.1) is 17.8 Å². The van der Waals surface area contributed by atoms with E-state index in [1.54, 1.807) is 6.08 Å². The fraction of sp³-hybridized carbons (Fsp3) is 0.600. The Morgan fingerprint density at radius 1 is 1.09 bits per heavy atom. The minimum Gasteiger partial charge on any atom is -0.390 e. The van der Waals surface area contributed by atoms with E-state index in [0.29, 0.717) is 12.8 Å². The second-order valence-corrected chi connectivity index (χ2v) is 6.39. The molecule has 0 bridgehead atoms. The maximum Gasteiger partial charge on any atom is 0.0995 e. The first kappa shape index (κ1) is 19.9. The van der Waals surface area contributed by atoms with Gasteiger partial charge in [0.1, 0.15) is 0 Å². The lowest BCUT2D eigenvalue weighted by molar-refractivity contribution is -0.146. The smallest absolute Gasteiger partial charge is 0.0995 e. The standard InChI is InChI=1S/C20H32O3/c1-4-7-14-17(19(22)16-12-9-8-10-13-16)20(23,15-6-3)18(21)11-5-2/h6,8-10,12-13,17-19,21-23H,3-5,7,11,14-15H2,1-2H3/t17-,18+,19-,20-/m1/s1. The summed E-state index contributed by atoms with van der Waals surface area (Å²) in [5.41, 5.74) is -0.581. The zero-order chi connectivity index (χ0) is 17.3. The maximum absolute atomic E-state index is 11.2. The molecule has 0 heterocycles. The molecule has 0 amide bonds. The van der Waals surface area contributed by atoms with Gasteiger partial charge in [0.2, 0.25) is 0 Å². The van der Waals surface area contributed by atoms with Crippen molar-refractivity contribution in [2.45, 2.75) is 70.2 Å². The van der Waals surface area contributed by atoms with Crippen LogP contribution < -0.4 is 0 Å². The van der Waals surface area contributed by atoms with E-state index in [0.717, 1.165) is 24.8 Å². The number of rotatable bonds is 11. The van der Waals surface area contributed by atoms with Crippen molar-refractivity contribution < 1.29 is 15.3 Å². The highest BCUT2D eigenvalue weighted by atomic mass is 16.3. The molecule has 23 heavy (non-hydrogen) atoms.